The van der Waals surface area contributed by atoms with Gasteiger partial charge in [-0.25, -0.2) is 0 Å². The van der Waals surface area contributed by atoms with E-state index < -0.39 is 0 Å². The number of hydrogen-bond donors (Lipinski definition) is 0. The molecule has 2 nitrogen and oxygen atoms in total. The lowest BCUT2D eigenvalue weighted by molar-refractivity contribution is 0.0976. The normalized spacial score (nSPS) is 16.0. The Morgan fingerprint density at radius 3 is 2.75 bits per heavy atom. The Labute approximate surface area is 111 Å². The van der Waals surface area contributed by atoms with Gasteiger partial charge >= 0.3 is 0 Å². The van der Waals surface area contributed by atoms with Gasteiger partial charge in [-0.3, -0.25) is 4.79 Å². The summed E-state index contributed by atoms with van der Waals surface area (Å²) < 4.78 is 0. The van der Waals surface area contributed by atoms with Crippen LogP contribution >= 0.6 is 28.3 Å². The predicted molar refractivity (Wildman–Crippen MR) is 73.9 cm³/mol. The van der Waals surface area contributed by atoms with E-state index in [-0.39, 0.29) is 17.0 Å². The van der Waals surface area contributed by atoms with Gasteiger partial charge in [0.15, 0.2) is 5.78 Å². The van der Waals surface area contributed by atoms with E-state index in [0.717, 1.165) is 18.5 Å². The summed E-state index contributed by atoms with van der Waals surface area (Å²) in [5.74, 6) is 0.301. The number of carbonyl (C=O) groups is 1. The van der Waals surface area contributed by atoms with Gasteiger partial charge < -0.3 is 4.90 Å². The lowest BCUT2D eigenvalue weighted by Gasteiger charge is -2.13. The highest BCUT2D eigenvalue weighted by atomic mass is 79.9. The van der Waals surface area contributed by atoms with Gasteiger partial charge in [-0.15, -0.1) is 17.0 Å². The Balaban J connectivity index is 0.00000128. The van der Waals surface area contributed by atoms with E-state index in [1.165, 1.54) is 25.9 Å². The molecule has 0 N–H and O–H groups in total. The first-order valence-corrected chi connectivity index (χ1v) is 6.58. The monoisotopic (exact) mass is 303 g/mol. The summed E-state index contributed by atoms with van der Waals surface area (Å²) in [4.78, 5) is 14.1. The fourth-order valence-corrected chi connectivity index (χ4v) is 2.70. The van der Waals surface area contributed by atoms with Gasteiger partial charge in [0, 0.05) is 17.4 Å². The molecule has 1 aliphatic heterocycles. The van der Waals surface area contributed by atoms with Crippen molar-refractivity contribution in [3.05, 3.63) is 22.4 Å². The number of rotatable bonds is 5. The number of likely N-dealkylation sites (tertiary alicyclic amines) is 1. The van der Waals surface area contributed by atoms with Crippen molar-refractivity contribution in [3.63, 3.8) is 0 Å². The number of nitrogens with zero attached hydrogens (tertiary/aromatic N) is 1. The van der Waals surface area contributed by atoms with Crippen LogP contribution < -0.4 is 0 Å². The molecule has 0 bridgehead atoms. The average molecular weight is 304 g/mol. The molecule has 0 unspecified atom stereocenters. The van der Waals surface area contributed by atoms with Gasteiger partial charge in [0.05, 0.1) is 0 Å². The minimum absolute atomic E-state index is 0. The quantitative estimate of drug-likeness (QED) is 0.777. The van der Waals surface area contributed by atoms with Crippen LogP contribution in [0.1, 0.15) is 36.0 Å². The van der Waals surface area contributed by atoms with Gasteiger partial charge in [-0.2, -0.15) is 11.3 Å². The molecule has 1 aliphatic rings. The second kappa shape index (κ2) is 7.20. The molecule has 0 aliphatic carbocycles. The molecule has 0 saturated carbocycles. The van der Waals surface area contributed by atoms with Gasteiger partial charge in [0.1, 0.15) is 0 Å². The Hall–Kier alpha value is -0.190. The van der Waals surface area contributed by atoms with Crippen LogP contribution in [0.25, 0.3) is 0 Å². The molecule has 0 amide bonds. The van der Waals surface area contributed by atoms with Crippen molar-refractivity contribution < 1.29 is 4.79 Å². The second-order valence-corrected chi connectivity index (χ2v) is 4.87. The topological polar surface area (TPSA) is 20.3 Å². The number of halogens is 1. The van der Waals surface area contributed by atoms with Crippen molar-refractivity contribution in [1.29, 1.82) is 0 Å². The Morgan fingerprint density at radius 2 is 2.12 bits per heavy atom. The minimum Gasteiger partial charge on any atom is -0.303 e. The molecular weight excluding hydrogens is 286 g/mol. The smallest absolute Gasteiger partial charge is 0.163 e. The highest BCUT2D eigenvalue weighted by molar-refractivity contribution is 8.93. The molecule has 1 saturated heterocycles. The molecule has 1 aromatic heterocycles. The zero-order valence-electron chi connectivity index (χ0n) is 9.35. The summed E-state index contributed by atoms with van der Waals surface area (Å²) in [6.07, 6.45) is 4.37. The fraction of sp³-hybridized carbons (Fsp3) is 0.583. The van der Waals surface area contributed by atoms with Crippen LogP contribution in [-0.4, -0.2) is 30.3 Å². The highest BCUT2D eigenvalue weighted by Crippen LogP contribution is 2.12. The molecule has 16 heavy (non-hydrogen) atoms. The van der Waals surface area contributed by atoms with E-state index in [0.29, 0.717) is 12.2 Å². The lowest BCUT2D eigenvalue weighted by Crippen LogP contribution is -2.20. The van der Waals surface area contributed by atoms with Gasteiger partial charge in [-0.1, -0.05) is 0 Å². The van der Waals surface area contributed by atoms with Crippen molar-refractivity contribution in [2.75, 3.05) is 19.6 Å². The number of carbonyl (C=O) groups excluding carboxylic acids is 1. The van der Waals surface area contributed by atoms with Gasteiger partial charge in [-0.05, 0) is 50.3 Å². The van der Waals surface area contributed by atoms with Crippen LogP contribution in [0.2, 0.25) is 0 Å². The van der Waals surface area contributed by atoms with Crippen molar-refractivity contribution >= 4 is 34.1 Å². The van der Waals surface area contributed by atoms with E-state index in [9.17, 15) is 4.79 Å². The molecule has 1 aromatic rings. The summed E-state index contributed by atoms with van der Waals surface area (Å²) in [5.41, 5.74) is 0.890. The second-order valence-electron chi connectivity index (χ2n) is 4.09. The summed E-state index contributed by atoms with van der Waals surface area (Å²) in [6, 6.07) is 1.92. The van der Waals surface area contributed by atoms with Crippen LogP contribution in [0.15, 0.2) is 16.8 Å². The third kappa shape index (κ3) is 4.00. The maximum absolute atomic E-state index is 11.7. The van der Waals surface area contributed by atoms with Crippen LogP contribution in [0, 0.1) is 0 Å². The Kier molecular flexibility index (Phi) is 6.24. The third-order valence-corrected chi connectivity index (χ3v) is 3.60. The number of thiophene rings is 1. The number of hydrogen-bond acceptors (Lipinski definition) is 3. The van der Waals surface area contributed by atoms with Gasteiger partial charge in [0.25, 0.3) is 0 Å². The molecule has 4 heteroatoms. The SMILES string of the molecule is Br.O=C(CCCN1CCCC1)c1ccsc1. The van der Waals surface area contributed by atoms with Crippen molar-refractivity contribution in [2.24, 2.45) is 0 Å². The molecule has 2 heterocycles. The Morgan fingerprint density at radius 1 is 1.38 bits per heavy atom. The summed E-state index contributed by atoms with van der Waals surface area (Å²) >= 11 is 1.60. The Bertz CT molecular complexity index is 307. The maximum atomic E-state index is 11.7. The molecule has 1 fully saturated rings. The summed E-state index contributed by atoms with van der Waals surface area (Å²) in [7, 11) is 0. The molecule has 2 rings (SSSR count). The van der Waals surface area contributed by atoms with E-state index >= 15 is 0 Å². The van der Waals surface area contributed by atoms with Crippen molar-refractivity contribution in [1.82, 2.24) is 4.90 Å². The first-order valence-electron chi connectivity index (χ1n) is 5.64. The number of ketones is 1. The zero-order valence-corrected chi connectivity index (χ0v) is 11.9. The number of Topliss-reactive ketones (excluding diaryl/α,β-unsaturated/α-hetero) is 1. The van der Waals surface area contributed by atoms with E-state index in [1.807, 2.05) is 16.8 Å². The molecule has 0 radical (unpaired) electrons. The largest absolute Gasteiger partial charge is 0.303 e. The molecule has 90 valence electrons. The van der Waals surface area contributed by atoms with Crippen molar-refractivity contribution in [2.45, 2.75) is 25.7 Å². The third-order valence-electron chi connectivity index (χ3n) is 2.92. The summed E-state index contributed by atoms with van der Waals surface area (Å²) in [5, 5.41) is 3.91. The first-order chi connectivity index (χ1) is 7.36. The molecule has 0 aromatic carbocycles. The standard InChI is InChI=1S/C12H17NOS.BrH/c14-12(11-5-9-15-10-11)4-3-8-13-6-1-2-7-13;/h5,9-10H,1-4,6-8H2;1H. The van der Waals surface area contributed by atoms with Crippen LogP contribution in [-0.2, 0) is 0 Å². The molecular formula is C12H18BrNOS. The summed E-state index contributed by atoms with van der Waals surface area (Å²) in [6.45, 7) is 3.55. The van der Waals surface area contributed by atoms with E-state index in [4.69, 9.17) is 0 Å². The average Bonchev–Trinajstić information content (AvgIpc) is 2.90. The molecule has 0 atom stereocenters. The zero-order chi connectivity index (χ0) is 10.5. The van der Waals surface area contributed by atoms with Crippen LogP contribution in [0.4, 0.5) is 0 Å². The highest BCUT2D eigenvalue weighted by Gasteiger charge is 2.12. The lowest BCUT2D eigenvalue weighted by atomic mass is 10.1. The minimum atomic E-state index is 0. The van der Waals surface area contributed by atoms with E-state index in [2.05, 4.69) is 4.90 Å². The first kappa shape index (κ1) is 13.9. The van der Waals surface area contributed by atoms with E-state index in [1.54, 1.807) is 11.3 Å². The fourth-order valence-electron chi connectivity index (χ4n) is 2.04. The van der Waals surface area contributed by atoms with Crippen molar-refractivity contribution in [3.8, 4) is 0 Å². The van der Waals surface area contributed by atoms with Crippen LogP contribution in [0.5, 0.6) is 0 Å². The predicted octanol–water partition coefficient (Wildman–Crippen LogP) is 3.38. The molecule has 0 spiro atoms. The van der Waals surface area contributed by atoms with Gasteiger partial charge in [0.2, 0.25) is 0 Å². The van der Waals surface area contributed by atoms with Crippen LogP contribution in [0.3, 0.4) is 0 Å². The maximum Gasteiger partial charge on any atom is 0.163 e.